The van der Waals surface area contributed by atoms with Crippen LogP contribution in [0.1, 0.15) is 5.56 Å². The van der Waals surface area contributed by atoms with E-state index in [-0.39, 0.29) is 0 Å². The number of halogens is 3. The van der Waals surface area contributed by atoms with Crippen LogP contribution < -0.4 is 0 Å². The molecule has 0 fully saturated rings. The van der Waals surface area contributed by atoms with E-state index in [4.69, 9.17) is 0 Å². The van der Waals surface area contributed by atoms with E-state index in [1.807, 2.05) is 18.2 Å². The molecule has 0 bridgehead atoms. The molecule has 0 unspecified atom stereocenters. The van der Waals surface area contributed by atoms with Crippen LogP contribution in [0, 0.1) is 0 Å². The molecule has 0 radical (unpaired) electrons. The van der Waals surface area contributed by atoms with Gasteiger partial charge in [0.15, 0.2) is 0 Å². The zero-order valence-electron chi connectivity index (χ0n) is 6.23. The molecule has 64 valence electrons. The Balaban J connectivity index is 3.04. The standard InChI is InChI=1S/C9H7Br3/c10-6-2-3-7-8(11)4-1-5-9(7)12/h1-5H,6H2. The smallest absolute Gasteiger partial charge is 0.0258 e. The van der Waals surface area contributed by atoms with E-state index in [0.717, 1.165) is 14.3 Å². The van der Waals surface area contributed by atoms with Crippen LogP contribution in [0.2, 0.25) is 0 Å². The first-order chi connectivity index (χ1) is 5.75. The van der Waals surface area contributed by atoms with E-state index in [2.05, 4.69) is 59.9 Å². The Morgan fingerprint density at radius 1 is 1.17 bits per heavy atom. The highest BCUT2D eigenvalue weighted by Crippen LogP contribution is 2.26. The van der Waals surface area contributed by atoms with Gasteiger partial charge in [-0.1, -0.05) is 66.0 Å². The maximum absolute atomic E-state index is 3.48. The van der Waals surface area contributed by atoms with Crippen LogP contribution in [0.3, 0.4) is 0 Å². The minimum absolute atomic E-state index is 0.876. The molecule has 1 rings (SSSR count). The summed E-state index contributed by atoms with van der Waals surface area (Å²) in [5.74, 6) is 0. The van der Waals surface area contributed by atoms with Gasteiger partial charge in [0.2, 0.25) is 0 Å². The van der Waals surface area contributed by atoms with Gasteiger partial charge in [0.05, 0.1) is 0 Å². The minimum atomic E-state index is 0.876. The normalized spacial score (nSPS) is 10.9. The van der Waals surface area contributed by atoms with Gasteiger partial charge in [0.25, 0.3) is 0 Å². The molecule has 1 aromatic rings. The number of alkyl halides is 1. The zero-order valence-corrected chi connectivity index (χ0v) is 11.0. The first kappa shape index (κ1) is 10.5. The summed E-state index contributed by atoms with van der Waals surface area (Å²) in [6, 6.07) is 6.05. The topological polar surface area (TPSA) is 0 Å². The summed E-state index contributed by atoms with van der Waals surface area (Å²) in [6.45, 7) is 0. The van der Waals surface area contributed by atoms with Gasteiger partial charge in [0.1, 0.15) is 0 Å². The predicted molar refractivity (Wildman–Crippen MR) is 64.7 cm³/mol. The summed E-state index contributed by atoms with van der Waals surface area (Å²) < 4.78 is 2.21. The molecule has 0 heterocycles. The fourth-order valence-corrected chi connectivity index (χ4v) is 2.28. The number of hydrogen-bond acceptors (Lipinski definition) is 0. The Morgan fingerprint density at radius 3 is 2.25 bits per heavy atom. The van der Waals surface area contributed by atoms with E-state index < -0.39 is 0 Å². The van der Waals surface area contributed by atoms with Crippen molar-refractivity contribution in [1.29, 1.82) is 0 Å². The highest BCUT2D eigenvalue weighted by atomic mass is 79.9. The second kappa shape index (κ2) is 5.20. The lowest BCUT2D eigenvalue weighted by atomic mass is 10.2. The second-order valence-corrected chi connectivity index (χ2v) is 4.55. The largest absolute Gasteiger partial charge is 0.0883 e. The van der Waals surface area contributed by atoms with Crippen LogP contribution in [0.25, 0.3) is 6.08 Å². The molecule has 1 aromatic carbocycles. The number of benzene rings is 1. The van der Waals surface area contributed by atoms with E-state index in [1.165, 1.54) is 5.56 Å². The van der Waals surface area contributed by atoms with E-state index in [1.54, 1.807) is 0 Å². The molecular formula is C9H7Br3. The SMILES string of the molecule is BrCC=Cc1c(Br)cccc1Br. The molecule has 0 aliphatic carbocycles. The molecule has 12 heavy (non-hydrogen) atoms. The molecule has 0 saturated heterocycles. The molecule has 0 aliphatic rings. The van der Waals surface area contributed by atoms with Gasteiger partial charge in [-0.2, -0.15) is 0 Å². The van der Waals surface area contributed by atoms with Crippen molar-refractivity contribution < 1.29 is 0 Å². The second-order valence-electron chi connectivity index (χ2n) is 2.19. The number of rotatable bonds is 2. The lowest BCUT2D eigenvalue weighted by Gasteiger charge is -2.00. The molecular weight excluding hydrogens is 348 g/mol. The fourth-order valence-electron chi connectivity index (χ4n) is 0.832. The van der Waals surface area contributed by atoms with E-state index in [0.29, 0.717) is 0 Å². The molecule has 0 aliphatic heterocycles. The maximum atomic E-state index is 3.48. The third-order valence-electron chi connectivity index (χ3n) is 1.37. The molecule has 0 spiro atoms. The van der Waals surface area contributed by atoms with Gasteiger partial charge in [-0.3, -0.25) is 0 Å². The van der Waals surface area contributed by atoms with E-state index in [9.17, 15) is 0 Å². The van der Waals surface area contributed by atoms with Gasteiger partial charge >= 0.3 is 0 Å². The highest BCUT2D eigenvalue weighted by Gasteiger charge is 1.98. The highest BCUT2D eigenvalue weighted by molar-refractivity contribution is 9.11. The maximum Gasteiger partial charge on any atom is 0.0258 e. The lowest BCUT2D eigenvalue weighted by Crippen LogP contribution is -1.77. The minimum Gasteiger partial charge on any atom is -0.0883 e. The summed E-state index contributed by atoms with van der Waals surface area (Å²) in [7, 11) is 0. The first-order valence-electron chi connectivity index (χ1n) is 3.42. The van der Waals surface area contributed by atoms with Crippen LogP contribution in [-0.4, -0.2) is 5.33 Å². The monoisotopic (exact) mass is 352 g/mol. The third kappa shape index (κ3) is 2.71. The predicted octanol–water partition coefficient (Wildman–Crippen LogP) is 4.62. The summed E-state index contributed by atoms with van der Waals surface area (Å²) in [4.78, 5) is 0. The van der Waals surface area contributed by atoms with E-state index >= 15 is 0 Å². The average molecular weight is 355 g/mol. The lowest BCUT2D eigenvalue weighted by molar-refractivity contribution is 1.55. The average Bonchev–Trinajstić information content (AvgIpc) is 2.04. The summed E-state index contributed by atoms with van der Waals surface area (Å²) in [6.07, 6.45) is 4.13. The van der Waals surface area contributed by atoms with Crippen molar-refractivity contribution in [3.63, 3.8) is 0 Å². The van der Waals surface area contributed by atoms with Crippen LogP contribution in [0.5, 0.6) is 0 Å². The number of hydrogen-bond donors (Lipinski definition) is 0. The Labute approximate surface area is 97.4 Å². The van der Waals surface area contributed by atoms with Gasteiger partial charge in [0, 0.05) is 19.8 Å². The van der Waals surface area contributed by atoms with Crippen molar-refractivity contribution in [2.45, 2.75) is 0 Å². The Kier molecular flexibility index (Phi) is 4.54. The Hall–Kier alpha value is 0.400. The molecule has 0 N–H and O–H groups in total. The van der Waals surface area contributed by atoms with Gasteiger partial charge in [-0.15, -0.1) is 0 Å². The Bertz CT molecular complexity index is 272. The van der Waals surface area contributed by atoms with Gasteiger partial charge in [-0.25, -0.2) is 0 Å². The van der Waals surface area contributed by atoms with Gasteiger partial charge < -0.3 is 0 Å². The zero-order chi connectivity index (χ0) is 8.97. The van der Waals surface area contributed by atoms with Crippen LogP contribution >= 0.6 is 47.8 Å². The molecule has 0 aromatic heterocycles. The van der Waals surface area contributed by atoms with Crippen LogP contribution in [0.4, 0.5) is 0 Å². The molecule has 3 heteroatoms. The Morgan fingerprint density at radius 2 is 1.75 bits per heavy atom. The van der Waals surface area contributed by atoms with Crippen molar-refractivity contribution in [3.05, 3.63) is 38.8 Å². The third-order valence-corrected chi connectivity index (χ3v) is 3.13. The van der Waals surface area contributed by atoms with Crippen LogP contribution in [0.15, 0.2) is 33.2 Å². The van der Waals surface area contributed by atoms with Crippen molar-refractivity contribution in [2.24, 2.45) is 0 Å². The van der Waals surface area contributed by atoms with Crippen LogP contribution in [-0.2, 0) is 0 Å². The van der Waals surface area contributed by atoms with Crippen molar-refractivity contribution in [2.75, 3.05) is 5.33 Å². The fraction of sp³-hybridized carbons (Fsp3) is 0.111. The molecule has 0 amide bonds. The molecule has 0 atom stereocenters. The molecule has 0 saturated carbocycles. The summed E-state index contributed by atoms with van der Waals surface area (Å²) >= 11 is 10.3. The molecule has 0 nitrogen and oxygen atoms in total. The van der Waals surface area contributed by atoms with Gasteiger partial charge in [-0.05, 0) is 12.1 Å². The number of allylic oxidation sites excluding steroid dienone is 1. The summed E-state index contributed by atoms with van der Waals surface area (Å²) in [5.41, 5.74) is 1.18. The quantitative estimate of drug-likeness (QED) is 0.680. The van der Waals surface area contributed by atoms with Crippen molar-refractivity contribution in [3.8, 4) is 0 Å². The summed E-state index contributed by atoms with van der Waals surface area (Å²) in [5, 5.41) is 0.876. The first-order valence-corrected chi connectivity index (χ1v) is 6.13. The van der Waals surface area contributed by atoms with Crippen molar-refractivity contribution >= 4 is 53.9 Å². The van der Waals surface area contributed by atoms with Crippen molar-refractivity contribution in [1.82, 2.24) is 0 Å².